The summed E-state index contributed by atoms with van der Waals surface area (Å²) in [6, 6.07) is 10.6. The van der Waals surface area contributed by atoms with Crippen LogP contribution in [0.2, 0.25) is 0 Å². The molecular formula is C13H15NOS. The maximum Gasteiger partial charge on any atom is 0.0558 e. The van der Waals surface area contributed by atoms with Crippen LogP contribution in [0.25, 0.3) is 10.1 Å². The monoisotopic (exact) mass is 233 g/mol. The minimum atomic E-state index is -0.159. The van der Waals surface area contributed by atoms with Gasteiger partial charge in [-0.25, -0.2) is 0 Å². The van der Waals surface area contributed by atoms with E-state index in [-0.39, 0.29) is 11.5 Å². The molecule has 16 heavy (non-hydrogen) atoms. The van der Waals surface area contributed by atoms with E-state index in [9.17, 15) is 5.11 Å². The molecule has 1 heterocycles. The standard InChI is InChI=1S/C13H15NOS/c14-8-13(6-10(15)7-13)12-5-9-3-1-2-4-11(9)16-12/h1-5,10,15H,6-8,14H2. The van der Waals surface area contributed by atoms with Gasteiger partial charge in [-0.1, -0.05) is 18.2 Å². The van der Waals surface area contributed by atoms with Gasteiger partial charge in [0.15, 0.2) is 0 Å². The van der Waals surface area contributed by atoms with Crippen LogP contribution in [0.3, 0.4) is 0 Å². The van der Waals surface area contributed by atoms with Crippen molar-refractivity contribution in [2.75, 3.05) is 6.54 Å². The summed E-state index contributed by atoms with van der Waals surface area (Å²) in [4.78, 5) is 1.33. The Morgan fingerprint density at radius 2 is 2.12 bits per heavy atom. The van der Waals surface area contributed by atoms with Crippen molar-refractivity contribution in [3.05, 3.63) is 35.2 Å². The van der Waals surface area contributed by atoms with Crippen LogP contribution in [0.1, 0.15) is 17.7 Å². The number of benzene rings is 1. The topological polar surface area (TPSA) is 46.2 Å². The Kier molecular flexibility index (Phi) is 2.28. The third-order valence-corrected chi connectivity index (χ3v) is 4.95. The van der Waals surface area contributed by atoms with E-state index in [1.54, 1.807) is 0 Å². The molecule has 0 unspecified atom stereocenters. The fourth-order valence-corrected chi connectivity index (χ4v) is 3.83. The lowest BCUT2D eigenvalue weighted by molar-refractivity contribution is 0.0239. The molecule has 3 N–H and O–H groups in total. The summed E-state index contributed by atoms with van der Waals surface area (Å²) in [6.07, 6.45) is 1.47. The lowest BCUT2D eigenvalue weighted by Gasteiger charge is -2.44. The predicted octanol–water partition coefficient (Wildman–Crippen LogP) is 2.25. The predicted molar refractivity (Wildman–Crippen MR) is 67.8 cm³/mol. The highest BCUT2D eigenvalue weighted by atomic mass is 32.1. The lowest BCUT2D eigenvalue weighted by atomic mass is 9.66. The van der Waals surface area contributed by atoms with Gasteiger partial charge in [0.2, 0.25) is 0 Å². The number of hydrogen-bond acceptors (Lipinski definition) is 3. The maximum atomic E-state index is 9.50. The molecule has 0 radical (unpaired) electrons. The first kappa shape index (κ1) is 10.3. The second-order valence-corrected chi connectivity index (χ2v) is 5.78. The van der Waals surface area contributed by atoms with E-state index in [2.05, 4.69) is 30.3 Å². The number of aliphatic hydroxyl groups excluding tert-OH is 1. The van der Waals surface area contributed by atoms with Crippen molar-refractivity contribution in [1.82, 2.24) is 0 Å². The van der Waals surface area contributed by atoms with E-state index in [1.807, 2.05) is 11.3 Å². The van der Waals surface area contributed by atoms with Gasteiger partial charge < -0.3 is 10.8 Å². The number of hydrogen-bond donors (Lipinski definition) is 2. The Morgan fingerprint density at radius 3 is 2.75 bits per heavy atom. The molecule has 1 aromatic heterocycles. The first-order valence-electron chi connectivity index (χ1n) is 5.61. The Balaban J connectivity index is 2.05. The summed E-state index contributed by atoms with van der Waals surface area (Å²) in [7, 11) is 0. The summed E-state index contributed by atoms with van der Waals surface area (Å²) in [6.45, 7) is 0.636. The zero-order valence-corrected chi connectivity index (χ0v) is 9.83. The third kappa shape index (κ3) is 1.39. The first-order chi connectivity index (χ1) is 7.73. The van der Waals surface area contributed by atoms with E-state index in [0.29, 0.717) is 6.54 Å². The number of rotatable bonds is 2. The third-order valence-electron chi connectivity index (χ3n) is 3.59. The number of aliphatic hydroxyl groups is 1. The molecule has 2 aromatic rings. The molecule has 0 atom stereocenters. The van der Waals surface area contributed by atoms with Gasteiger partial charge in [0.25, 0.3) is 0 Å². The van der Waals surface area contributed by atoms with E-state index in [4.69, 9.17) is 5.73 Å². The minimum Gasteiger partial charge on any atom is -0.393 e. The molecule has 0 bridgehead atoms. The van der Waals surface area contributed by atoms with Gasteiger partial charge in [0.05, 0.1) is 6.10 Å². The molecule has 3 heteroatoms. The second kappa shape index (κ2) is 3.55. The molecule has 1 aromatic carbocycles. The maximum absolute atomic E-state index is 9.50. The van der Waals surface area contributed by atoms with Crippen LogP contribution < -0.4 is 5.73 Å². The quantitative estimate of drug-likeness (QED) is 0.835. The zero-order chi connectivity index (χ0) is 11.2. The first-order valence-corrected chi connectivity index (χ1v) is 6.42. The van der Waals surface area contributed by atoms with Crippen molar-refractivity contribution in [1.29, 1.82) is 0 Å². The molecule has 1 fully saturated rings. The van der Waals surface area contributed by atoms with E-state index in [0.717, 1.165) is 12.8 Å². The van der Waals surface area contributed by atoms with Crippen molar-refractivity contribution in [2.24, 2.45) is 5.73 Å². The van der Waals surface area contributed by atoms with Crippen molar-refractivity contribution in [3.8, 4) is 0 Å². The molecule has 0 spiro atoms. The summed E-state index contributed by atoms with van der Waals surface area (Å²) in [5.41, 5.74) is 5.93. The Labute approximate surface area is 98.7 Å². The Morgan fingerprint density at radius 1 is 1.38 bits per heavy atom. The second-order valence-electron chi connectivity index (χ2n) is 4.70. The fraction of sp³-hybridized carbons (Fsp3) is 0.385. The molecule has 84 valence electrons. The van der Waals surface area contributed by atoms with Gasteiger partial charge >= 0.3 is 0 Å². The highest BCUT2D eigenvalue weighted by Crippen LogP contribution is 2.47. The summed E-state index contributed by atoms with van der Waals surface area (Å²) >= 11 is 1.82. The van der Waals surface area contributed by atoms with Crippen LogP contribution in [0.4, 0.5) is 0 Å². The van der Waals surface area contributed by atoms with E-state index in [1.165, 1.54) is 15.0 Å². The number of thiophene rings is 1. The summed E-state index contributed by atoms with van der Waals surface area (Å²) in [5.74, 6) is 0. The van der Waals surface area contributed by atoms with Gasteiger partial charge in [-0.2, -0.15) is 0 Å². The smallest absolute Gasteiger partial charge is 0.0558 e. The molecule has 0 amide bonds. The molecule has 0 saturated heterocycles. The van der Waals surface area contributed by atoms with Crippen LogP contribution in [-0.4, -0.2) is 17.8 Å². The highest BCUT2D eigenvalue weighted by Gasteiger charge is 2.44. The van der Waals surface area contributed by atoms with Crippen LogP contribution in [-0.2, 0) is 5.41 Å². The normalized spacial score (nSPS) is 29.2. The fourth-order valence-electron chi connectivity index (χ4n) is 2.55. The van der Waals surface area contributed by atoms with Crippen molar-refractivity contribution in [3.63, 3.8) is 0 Å². The average Bonchev–Trinajstić information content (AvgIpc) is 2.68. The summed E-state index contributed by atoms with van der Waals surface area (Å²) < 4.78 is 1.31. The number of fused-ring (bicyclic) bond motifs is 1. The van der Waals surface area contributed by atoms with Crippen LogP contribution in [0.5, 0.6) is 0 Å². The van der Waals surface area contributed by atoms with E-state index < -0.39 is 0 Å². The Bertz CT molecular complexity index is 480. The van der Waals surface area contributed by atoms with Gasteiger partial charge in [-0.05, 0) is 30.4 Å². The Hall–Kier alpha value is -0.900. The summed E-state index contributed by atoms with van der Waals surface area (Å²) in [5, 5.41) is 10.8. The minimum absolute atomic E-state index is 0.0447. The van der Waals surface area contributed by atoms with Gasteiger partial charge in [-0.3, -0.25) is 0 Å². The van der Waals surface area contributed by atoms with Crippen molar-refractivity contribution in [2.45, 2.75) is 24.4 Å². The van der Waals surface area contributed by atoms with Crippen LogP contribution in [0, 0.1) is 0 Å². The van der Waals surface area contributed by atoms with Crippen LogP contribution >= 0.6 is 11.3 Å². The van der Waals surface area contributed by atoms with Crippen LogP contribution in [0.15, 0.2) is 30.3 Å². The largest absolute Gasteiger partial charge is 0.393 e. The van der Waals surface area contributed by atoms with Crippen molar-refractivity contribution < 1.29 is 5.11 Å². The molecule has 0 aliphatic heterocycles. The van der Waals surface area contributed by atoms with Gasteiger partial charge in [-0.15, -0.1) is 11.3 Å². The lowest BCUT2D eigenvalue weighted by Crippen LogP contribution is -2.49. The molecular weight excluding hydrogens is 218 g/mol. The van der Waals surface area contributed by atoms with Gasteiger partial charge in [0, 0.05) is 21.5 Å². The SMILES string of the molecule is NCC1(c2cc3ccccc3s2)CC(O)C1. The van der Waals surface area contributed by atoms with Gasteiger partial charge in [0.1, 0.15) is 0 Å². The zero-order valence-electron chi connectivity index (χ0n) is 9.02. The average molecular weight is 233 g/mol. The molecule has 3 rings (SSSR count). The number of nitrogens with two attached hydrogens (primary N) is 1. The molecule has 1 aliphatic carbocycles. The van der Waals surface area contributed by atoms with Crippen molar-refractivity contribution >= 4 is 21.4 Å². The molecule has 2 nitrogen and oxygen atoms in total. The molecule has 1 aliphatic rings. The van der Waals surface area contributed by atoms with E-state index >= 15 is 0 Å². The highest BCUT2D eigenvalue weighted by molar-refractivity contribution is 7.19. The molecule has 1 saturated carbocycles.